The van der Waals surface area contributed by atoms with E-state index in [4.69, 9.17) is 4.74 Å². The molecule has 1 aromatic carbocycles. The average Bonchev–Trinajstić information content (AvgIpc) is 2.58. The van der Waals surface area contributed by atoms with E-state index >= 15 is 0 Å². The monoisotopic (exact) mass is 337 g/mol. The van der Waals surface area contributed by atoms with Gasteiger partial charge in [-0.2, -0.15) is 11.8 Å². The molecule has 0 aromatic heterocycles. The second-order valence-electron chi connectivity index (χ2n) is 5.59. The van der Waals surface area contributed by atoms with E-state index in [1.54, 1.807) is 7.11 Å². The number of thioether (sulfide) groups is 1. The van der Waals surface area contributed by atoms with Crippen LogP contribution in [0.2, 0.25) is 0 Å². The van der Waals surface area contributed by atoms with Crippen molar-refractivity contribution >= 4 is 23.5 Å². The van der Waals surface area contributed by atoms with Crippen LogP contribution < -0.4 is 15.0 Å². The minimum absolute atomic E-state index is 0.0499. The van der Waals surface area contributed by atoms with E-state index in [1.165, 1.54) is 0 Å². The summed E-state index contributed by atoms with van der Waals surface area (Å²) in [5.74, 6) is 2.94. The minimum Gasteiger partial charge on any atom is -0.495 e. The topological polar surface area (TPSA) is 44.8 Å². The fourth-order valence-electron chi connectivity index (χ4n) is 2.85. The van der Waals surface area contributed by atoms with E-state index in [0.717, 1.165) is 49.1 Å². The van der Waals surface area contributed by atoms with Gasteiger partial charge in [0.2, 0.25) is 0 Å². The molecule has 128 valence electrons. The van der Waals surface area contributed by atoms with Crippen molar-refractivity contribution in [2.75, 3.05) is 49.7 Å². The molecule has 6 heteroatoms. The standard InChI is InChI=1S/C17H27N3O2S/c1-4-23-12-9-18-17(21)20-11-10-19(13-14(20)2)15-7-5-6-8-16(15)22-3/h5-8,14H,4,9-13H2,1-3H3,(H,18,21)/t14-/m0/s1. The molecule has 0 aliphatic carbocycles. The fourth-order valence-corrected chi connectivity index (χ4v) is 3.38. The van der Waals surface area contributed by atoms with Crippen molar-refractivity contribution in [3.05, 3.63) is 24.3 Å². The third-order valence-electron chi connectivity index (χ3n) is 4.04. The van der Waals surface area contributed by atoms with E-state index in [9.17, 15) is 4.79 Å². The Hall–Kier alpha value is -1.56. The Labute approximate surface area is 143 Å². The van der Waals surface area contributed by atoms with Gasteiger partial charge in [0, 0.05) is 38.0 Å². The number of nitrogens with one attached hydrogen (secondary N) is 1. The van der Waals surface area contributed by atoms with E-state index in [-0.39, 0.29) is 12.1 Å². The zero-order valence-electron chi connectivity index (χ0n) is 14.2. The van der Waals surface area contributed by atoms with Gasteiger partial charge in [0.25, 0.3) is 0 Å². The zero-order valence-corrected chi connectivity index (χ0v) is 15.1. The summed E-state index contributed by atoms with van der Waals surface area (Å²) in [4.78, 5) is 16.5. The van der Waals surface area contributed by atoms with Crippen LogP contribution in [-0.4, -0.2) is 61.8 Å². The molecule has 1 aliphatic heterocycles. The number of nitrogens with zero attached hydrogens (tertiary/aromatic N) is 2. The maximum absolute atomic E-state index is 12.3. The summed E-state index contributed by atoms with van der Waals surface area (Å²) in [6.07, 6.45) is 0. The first-order chi connectivity index (χ1) is 11.2. The lowest BCUT2D eigenvalue weighted by atomic mass is 10.1. The summed E-state index contributed by atoms with van der Waals surface area (Å²) in [7, 11) is 1.69. The van der Waals surface area contributed by atoms with E-state index in [1.807, 2.05) is 34.9 Å². The highest BCUT2D eigenvalue weighted by atomic mass is 32.2. The van der Waals surface area contributed by atoms with Crippen molar-refractivity contribution in [1.29, 1.82) is 0 Å². The molecule has 0 radical (unpaired) electrons. The van der Waals surface area contributed by atoms with Crippen LogP contribution in [0.3, 0.4) is 0 Å². The molecule has 23 heavy (non-hydrogen) atoms. The molecular formula is C17H27N3O2S. The molecule has 1 heterocycles. The van der Waals surface area contributed by atoms with Crippen molar-refractivity contribution < 1.29 is 9.53 Å². The van der Waals surface area contributed by atoms with Crippen LogP contribution in [0.1, 0.15) is 13.8 Å². The number of urea groups is 1. The Balaban J connectivity index is 1.90. The minimum atomic E-state index is 0.0499. The Kier molecular flexibility index (Phi) is 6.89. The second-order valence-corrected chi connectivity index (χ2v) is 6.98. The molecule has 0 bridgehead atoms. The maximum Gasteiger partial charge on any atom is 0.317 e. The van der Waals surface area contributed by atoms with Gasteiger partial charge in [-0.15, -0.1) is 0 Å². The molecule has 0 saturated carbocycles. The maximum atomic E-state index is 12.3. The zero-order chi connectivity index (χ0) is 16.7. The predicted octanol–water partition coefficient (Wildman–Crippen LogP) is 2.67. The van der Waals surface area contributed by atoms with E-state index in [0.29, 0.717) is 0 Å². The number of anilines is 1. The van der Waals surface area contributed by atoms with Crippen molar-refractivity contribution in [2.45, 2.75) is 19.9 Å². The number of para-hydroxylation sites is 2. The molecule has 1 fully saturated rings. The number of methoxy groups -OCH3 is 1. The molecule has 0 spiro atoms. The first-order valence-corrected chi connectivity index (χ1v) is 9.33. The number of ether oxygens (including phenoxy) is 1. The molecule has 0 unspecified atom stereocenters. The molecule has 2 rings (SSSR count). The van der Waals surface area contributed by atoms with Gasteiger partial charge in [0.05, 0.1) is 12.8 Å². The van der Waals surface area contributed by atoms with Gasteiger partial charge in [-0.25, -0.2) is 4.79 Å². The van der Waals surface area contributed by atoms with Crippen LogP contribution in [0.4, 0.5) is 10.5 Å². The van der Waals surface area contributed by atoms with Gasteiger partial charge in [0.1, 0.15) is 5.75 Å². The number of hydrogen-bond donors (Lipinski definition) is 1. The number of carbonyl (C=O) groups excluding carboxylic acids is 1. The molecule has 5 nitrogen and oxygen atoms in total. The van der Waals surface area contributed by atoms with Gasteiger partial charge < -0.3 is 19.9 Å². The quantitative estimate of drug-likeness (QED) is 0.811. The van der Waals surface area contributed by atoms with Crippen molar-refractivity contribution in [3.8, 4) is 5.75 Å². The highest BCUT2D eigenvalue weighted by molar-refractivity contribution is 7.99. The van der Waals surface area contributed by atoms with Crippen LogP contribution >= 0.6 is 11.8 Å². The number of piperazine rings is 1. The smallest absolute Gasteiger partial charge is 0.317 e. The van der Waals surface area contributed by atoms with Crippen LogP contribution in [0.15, 0.2) is 24.3 Å². The lowest BCUT2D eigenvalue weighted by Crippen LogP contribution is -2.56. The lowest BCUT2D eigenvalue weighted by Gasteiger charge is -2.41. The predicted molar refractivity (Wildman–Crippen MR) is 97.8 cm³/mol. The largest absolute Gasteiger partial charge is 0.495 e. The van der Waals surface area contributed by atoms with Gasteiger partial charge >= 0.3 is 6.03 Å². The molecule has 1 aliphatic rings. The molecule has 1 saturated heterocycles. The van der Waals surface area contributed by atoms with Crippen LogP contribution in [-0.2, 0) is 0 Å². The first-order valence-electron chi connectivity index (χ1n) is 8.17. The van der Waals surface area contributed by atoms with Crippen molar-refractivity contribution in [1.82, 2.24) is 10.2 Å². The number of carbonyl (C=O) groups is 1. The van der Waals surface area contributed by atoms with E-state index in [2.05, 4.69) is 30.1 Å². The van der Waals surface area contributed by atoms with Crippen molar-refractivity contribution in [2.24, 2.45) is 0 Å². The van der Waals surface area contributed by atoms with Crippen LogP contribution in [0, 0.1) is 0 Å². The molecule has 1 atom stereocenters. The van der Waals surface area contributed by atoms with E-state index < -0.39 is 0 Å². The highest BCUT2D eigenvalue weighted by Gasteiger charge is 2.28. The fraction of sp³-hybridized carbons (Fsp3) is 0.588. The molecule has 1 N–H and O–H groups in total. The average molecular weight is 337 g/mol. The van der Waals surface area contributed by atoms with Gasteiger partial charge in [0.15, 0.2) is 0 Å². The Bertz CT molecular complexity index is 512. The lowest BCUT2D eigenvalue weighted by molar-refractivity contribution is 0.172. The number of benzene rings is 1. The summed E-state index contributed by atoms with van der Waals surface area (Å²) >= 11 is 1.84. The normalized spacial score (nSPS) is 18.0. The Morgan fingerprint density at radius 2 is 2.17 bits per heavy atom. The SMILES string of the molecule is CCSCCNC(=O)N1CCN(c2ccccc2OC)C[C@@H]1C. The summed E-state index contributed by atoms with van der Waals surface area (Å²) in [6, 6.07) is 8.27. The molecular weight excluding hydrogens is 310 g/mol. The molecule has 2 amide bonds. The van der Waals surface area contributed by atoms with Gasteiger partial charge in [-0.3, -0.25) is 0 Å². The van der Waals surface area contributed by atoms with Gasteiger partial charge in [-0.1, -0.05) is 19.1 Å². The first kappa shape index (κ1) is 17.8. The number of hydrogen-bond acceptors (Lipinski definition) is 4. The summed E-state index contributed by atoms with van der Waals surface area (Å²) in [6.45, 7) is 7.33. The summed E-state index contributed by atoms with van der Waals surface area (Å²) in [5, 5.41) is 3.02. The van der Waals surface area contributed by atoms with Gasteiger partial charge in [-0.05, 0) is 24.8 Å². The Morgan fingerprint density at radius 1 is 1.39 bits per heavy atom. The van der Waals surface area contributed by atoms with Crippen molar-refractivity contribution in [3.63, 3.8) is 0 Å². The number of rotatable bonds is 6. The third kappa shape index (κ3) is 4.70. The Morgan fingerprint density at radius 3 is 2.87 bits per heavy atom. The van der Waals surface area contributed by atoms with Crippen LogP contribution in [0.5, 0.6) is 5.75 Å². The summed E-state index contributed by atoms with van der Waals surface area (Å²) in [5.41, 5.74) is 1.10. The summed E-state index contributed by atoms with van der Waals surface area (Å²) < 4.78 is 5.45. The third-order valence-corrected chi connectivity index (χ3v) is 4.94. The second kappa shape index (κ2) is 8.91. The number of amides is 2. The molecule has 1 aromatic rings. The van der Waals surface area contributed by atoms with Crippen LogP contribution in [0.25, 0.3) is 0 Å². The highest BCUT2D eigenvalue weighted by Crippen LogP contribution is 2.29.